The molecular weight excluding hydrogens is 503 g/mol. The van der Waals surface area contributed by atoms with Crippen molar-refractivity contribution in [3.8, 4) is 17.2 Å². The van der Waals surface area contributed by atoms with Gasteiger partial charge in [-0.25, -0.2) is 9.69 Å². The Hall–Kier alpha value is -3.08. The van der Waals surface area contributed by atoms with E-state index in [2.05, 4.69) is 5.32 Å². The summed E-state index contributed by atoms with van der Waals surface area (Å²) in [7, 11) is 1.40. The van der Waals surface area contributed by atoms with E-state index >= 15 is 0 Å². The molecule has 2 aromatic carbocycles. The molecular formula is C21H19IN2O6. The number of benzene rings is 2. The first kappa shape index (κ1) is 21.6. The zero-order valence-electron chi connectivity index (χ0n) is 16.3. The summed E-state index contributed by atoms with van der Waals surface area (Å²) in [6.45, 7) is 2.54. The minimum absolute atomic E-state index is 0.0399. The fourth-order valence-electron chi connectivity index (χ4n) is 2.80. The Bertz CT molecular complexity index is 1030. The summed E-state index contributed by atoms with van der Waals surface area (Å²) in [5.74, 6) is -0.780. The molecule has 0 saturated carbocycles. The van der Waals surface area contributed by atoms with Gasteiger partial charge in [-0.2, -0.15) is 0 Å². The van der Waals surface area contributed by atoms with E-state index in [4.69, 9.17) is 9.47 Å². The highest BCUT2D eigenvalue weighted by Gasteiger charge is 2.36. The van der Waals surface area contributed by atoms with Crippen molar-refractivity contribution in [2.24, 2.45) is 0 Å². The standard InChI is InChI=1S/C21H19IN2O6/c1-3-8-30-14-6-4-13(5-7-14)24-20(27)15(19(26)23-21(24)28)9-12-10-16(22)18(25)17(11-12)29-2/h4-7,9-11,25H,3,8H2,1-2H3,(H,23,26,28)/b15-9-. The van der Waals surface area contributed by atoms with Crippen LogP contribution in [-0.2, 0) is 9.59 Å². The van der Waals surface area contributed by atoms with Gasteiger partial charge in [0.2, 0.25) is 0 Å². The number of rotatable bonds is 6. The van der Waals surface area contributed by atoms with Crippen LogP contribution in [0.1, 0.15) is 18.9 Å². The Kier molecular flexibility index (Phi) is 6.60. The molecule has 4 amide bonds. The summed E-state index contributed by atoms with van der Waals surface area (Å²) in [6, 6.07) is 8.70. The van der Waals surface area contributed by atoms with E-state index in [9.17, 15) is 19.5 Å². The normalized spacial score (nSPS) is 15.4. The van der Waals surface area contributed by atoms with Crippen molar-refractivity contribution in [1.82, 2.24) is 5.32 Å². The maximum absolute atomic E-state index is 13.0. The van der Waals surface area contributed by atoms with Crippen LogP contribution in [-0.4, -0.2) is 36.7 Å². The molecule has 2 N–H and O–H groups in total. The van der Waals surface area contributed by atoms with Gasteiger partial charge < -0.3 is 14.6 Å². The minimum atomic E-state index is -0.831. The van der Waals surface area contributed by atoms with Gasteiger partial charge in [0.05, 0.1) is 23.0 Å². The molecule has 1 heterocycles. The van der Waals surface area contributed by atoms with E-state index in [0.717, 1.165) is 11.3 Å². The predicted octanol–water partition coefficient (Wildman–Crippen LogP) is 3.46. The second-order valence-electron chi connectivity index (χ2n) is 6.35. The van der Waals surface area contributed by atoms with Gasteiger partial charge in [0.1, 0.15) is 11.3 Å². The lowest BCUT2D eigenvalue weighted by atomic mass is 10.1. The zero-order valence-corrected chi connectivity index (χ0v) is 18.4. The van der Waals surface area contributed by atoms with Crippen molar-refractivity contribution in [3.63, 3.8) is 0 Å². The number of barbiturate groups is 1. The molecule has 30 heavy (non-hydrogen) atoms. The molecule has 1 aliphatic heterocycles. The topological polar surface area (TPSA) is 105 Å². The second-order valence-corrected chi connectivity index (χ2v) is 7.52. The van der Waals surface area contributed by atoms with Gasteiger partial charge in [0.25, 0.3) is 11.8 Å². The molecule has 1 fully saturated rings. The number of amides is 4. The third-order valence-corrected chi connectivity index (χ3v) is 5.07. The van der Waals surface area contributed by atoms with Gasteiger partial charge in [0, 0.05) is 0 Å². The molecule has 9 heteroatoms. The number of methoxy groups -OCH3 is 1. The number of hydrogen-bond donors (Lipinski definition) is 2. The van der Waals surface area contributed by atoms with Crippen LogP contribution in [0.15, 0.2) is 42.0 Å². The third kappa shape index (κ3) is 4.40. The first-order valence-corrected chi connectivity index (χ1v) is 10.1. The molecule has 0 radical (unpaired) electrons. The Morgan fingerprint density at radius 3 is 2.50 bits per heavy atom. The maximum Gasteiger partial charge on any atom is 0.335 e. The quantitative estimate of drug-likeness (QED) is 0.342. The smallest absolute Gasteiger partial charge is 0.335 e. The van der Waals surface area contributed by atoms with E-state index in [1.54, 1.807) is 30.3 Å². The molecule has 8 nitrogen and oxygen atoms in total. The fourth-order valence-corrected chi connectivity index (χ4v) is 3.43. The number of carbonyl (C=O) groups is 3. The summed E-state index contributed by atoms with van der Waals surface area (Å²) < 4.78 is 11.1. The number of halogens is 1. The molecule has 156 valence electrons. The van der Waals surface area contributed by atoms with Gasteiger partial charge in [-0.15, -0.1) is 0 Å². The summed E-state index contributed by atoms with van der Waals surface area (Å²) in [5.41, 5.74) is 0.548. The number of phenols is 1. The van der Waals surface area contributed by atoms with Gasteiger partial charge in [-0.3, -0.25) is 14.9 Å². The van der Waals surface area contributed by atoms with Crippen LogP contribution in [0.2, 0.25) is 0 Å². The SMILES string of the molecule is CCCOc1ccc(N2C(=O)NC(=O)/C(=C/c3cc(I)c(O)c(OC)c3)C2=O)cc1. The number of urea groups is 1. The van der Waals surface area contributed by atoms with E-state index in [1.165, 1.54) is 19.3 Å². The van der Waals surface area contributed by atoms with Crippen LogP contribution in [0.5, 0.6) is 17.2 Å². The monoisotopic (exact) mass is 522 g/mol. The van der Waals surface area contributed by atoms with E-state index in [-0.39, 0.29) is 17.1 Å². The first-order valence-electron chi connectivity index (χ1n) is 9.06. The summed E-state index contributed by atoms with van der Waals surface area (Å²) in [4.78, 5) is 38.5. The first-order chi connectivity index (χ1) is 14.3. The van der Waals surface area contributed by atoms with Crippen LogP contribution in [0.25, 0.3) is 6.08 Å². The molecule has 0 bridgehead atoms. The number of phenolic OH excluding ortho intramolecular Hbond substituents is 1. The molecule has 0 aliphatic carbocycles. The van der Waals surface area contributed by atoms with Crippen molar-refractivity contribution in [2.45, 2.75) is 13.3 Å². The summed E-state index contributed by atoms with van der Waals surface area (Å²) >= 11 is 1.91. The van der Waals surface area contributed by atoms with E-state index in [1.807, 2.05) is 29.5 Å². The minimum Gasteiger partial charge on any atom is -0.504 e. The average Bonchev–Trinajstić information content (AvgIpc) is 2.72. The van der Waals surface area contributed by atoms with Crippen molar-refractivity contribution in [2.75, 3.05) is 18.6 Å². The number of aromatic hydroxyl groups is 1. The molecule has 2 aromatic rings. The van der Waals surface area contributed by atoms with Gasteiger partial charge >= 0.3 is 6.03 Å². The lowest BCUT2D eigenvalue weighted by Crippen LogP contribution is -2.54. The molecule has 0 spiro atoms. The molecule has 3 rings (SSSR count). The fraction of sp³-hybridized carbons (Fsp3) is 0.190. The molecule has 0 atom stereocenters. The molecule has 0 unspecified atom stereocenters. The number of anilines is 1. The highest BCUT2D eigenvalue weighted by Crippen LogP contribution is 2.33. The highest BCUT2D eigenvalue weighted by atomic mass is 127. The number of imide groups is 2. The van der Waals surface area contributed by atoms with Gasteiger partial charge in [-0.05, 0) is 77.0 Å². The molecule has 1 aliphatic rings. The van der Waals surface area contributed by atoms with Crippen molar-refractivity contribution < 1.29 is 29.0 Å². The maximum atomic E-state index is 13.0. The molecule has 0 aromatic heterocycles. The highest BCUT2D eigenvalue weighted by molar-refractivity contribution is 14.1. The van der Waals surface area contributed by atoms with Crippen LogP contribution in [0.4, 0.5) is 10.5 Å². The van der Waals surface area contributed by atoms with Crippen molar-refractivity contribution in [3.05, 3.63) is 51.1 Å². The number of nitrogens with one attached hydrogen (secondary N) is 1. The lowest BCUT2D eigenvalue weighted by molar-refractivity contribution is -0.122. The van der Waals surface area contributed by atoms with Crippen LogP contribution in [0, 0.1) is 3.57 Å². The van der Waals surface area contributed by atoms with Crippen LogP contribution in [0.3, 0.4) is 0 Å². The number of ether oxygens (including phenoxy) is 2. The third-order valence-electron chi connectivity index (χ3n) is 4.25. The summed E-state index contributed by atoms with van der Waals surface area (Å²) in [5, 5.41) is 12.1. The number of nitrogens with zero attached hydrogens (tertiary/aromatic N) is 1. The van der Waals surface area contributed by atoms with Gasteiger partial charge in [0.15, 0.2) is 11.5 Å². The van der Waals surface area contributed by atoms with E-state index in [0.29, 0.717) is 27.2 Å². The average molecular weight is 522 g/mol. The van der Waals surface area contributed by atoms with E-state index < -0.39 is 17.8 Å². The largest absolute Gasteiger partial charge is 0.504 e. The summed E-state index contributed by atoms with van der Waals surface area (Å²) in [6.07, 6.45) is 2.20. The number of carbonyl (C=O) groups excluding carboxylic acids is 3. The Balaban J connectivity index is 1.95. The Morgan fingerprint density at radius 1 is 1.17 bits per heavy atom. The number of hydrogen-bond acceptors (Lipinski definition) is 6. The van der Waals surface area contributed by atoms with Gasteiger partial charge in [-0.1, -0.05) is 6.92 Å². The predicted molar refractivity (Wildman–Crippen MR) is 119 cm³/mol. The Morgan fingerprint density at radius 2 is 1.87 bits per heavy atom. The lowest BCUT2D eigenvalue weighted by Gasteiger charge is -2.26. The second kappa shape index (κ2) is 9.16. The zero-order chi connectivity index (χ0) is 21.8. The molecule has 1 saturated heterocycles. The van der Waals surface area contributed by atoms with Crippen LogP contribution < -0.4 is 19.7 Å². The Labute approximate surface area is 186 Å². The van der Waals surface area contributed by atoms with Crippen molar-refractivity contribution >= 4 is 52.2 Å². The van der Waals surface area contributed by atoms with Crippen LogP contribution >= 0.6 is 22.6 Å². The van der Waals surface area contributed by atoms with Crippen molar-refractivity contribution in [1.29, 1.82) is 0 Å².